The highest BCUT2D eigenvalue weighted by Crippen LogP contribution is 2.29. The Morgan fingerprint density at radius 1 is 1.50 bits per heavy atom. The number of halogens is 1. The number of nitrogens with zero attached hydrogens (tertiary/aromatic N) is 4. The molecule has 0 fully saturated rings. The van der Waals surface area contributed by atoms with Crippen LogP contribution in [-0.2, 0) is 11.3 Å². The van der Waals surface area contributed by atoms with Crippen molar-refractivity contribution in [2.24, 2.45) is 0 Å². The fourth-order valence-electron chi connectivity index (χ4n) is 1.81. The SMILES string of the molecule is O=C(Cn1cc(I)cn1)Nc1nc2ccc([N+](=O)[O-])cc2s1. The number of hydrogen-bond acceptors (Lipinski definition) is 6. The quantitative estimate of drug-likeness (QED) is 0.390. The van der Waals surface area contributed by atoms with Crippen molar-refractivity contribution in [1.29, 1.82) is 0 Å². The zero-order chi connectivity index (χ0) is 15.7. The number of rotatable bonds is 4. The van der Waals surface area contributed by atoms with Gasteiger partial charge < -0.3 is 5.32 Å². The van der Waals surface area contributed by atoms with Crippen molar-refractivity contribution in [3.63, 3.8) is 0 Å². The molecule has 2 aromatic heterocycles. The lowest BCUT2D eigenvalue weighted by Crippen LogP contribution is -2.18. The molecular weight excluding hydrogens is 421 g/mol. The number of nitro benzene ring substituents is 1. The second kappa shape index (κ2) is 5.96. The molecule has 1 amide bonds. The third-order valence-electron chi connectivity index (χ3n) is 2.74. The first-order chi connectivity index (χ1) is 10.5. The molecule has 0 spiro atoms. The number of amides is 1. The lowest BCUT2D eigenvalue weighted by Gasteiger charge is -2.01. The standard InChI is InChI=1S/C12H8IN5O3S/c13-7-4-14-17(5-7)6-11(19)16-12-15-9-2-1-8(18(20)21)3-10(9)22-12/h1-5H,6H2,(H,15,16,19). The van der Waals surface area contributed by atoms with Crippen LogP contribution in [0.15, 0.2) is 30.6 Å². The first-order valence-electron chi connectivity index (χ1n) is 6.04. The smallest absolute Gasteiger partial charge is 0.270 e. The Morgan fingerprint density at radius 3 is 3.00 bits per heavy atom. The van der Waals surface area contributed by atoms with Gasteiger partial charge in [0.05, 0.1) is 24.9 Å². The maximum absolute atomic E-state index is 11.9. The number of carbonyl (C=O) groups is 1. The van der Waals surface area contributed by atoms with Gasteiger partial charge in [0.15, 0.2) is 5.13 Å². The first-order valence-corrected chi connectivity index (χ1v) is 7.93. The van der Waals surface area contributed by atoms with Gasteiger partial charge in [-0.3, -0.25) is 19.6 Å². The Labute approximate surface area is 141 Å². The van der Waals surface area contributed by atoms with E-state index in [1.807, 2.05) is 0 Å². The van der Waals surface area contributed by atoms with Gasteiger partial charge in [-0.2, -0.15) is 5.10 Å². The van der Waals surface area contributed by atoms with E-state index in [9.17, 15) is 14.9 Å². The van der Waals surface area contributed by atoms with Crippen LogP contribution in [0, 0.1) is 13.7 Å². The van der Waals surface area contributed by atoms with Gasteiger partial charge in [0.1, 0.15) is 6.54 Å². The van der Waals surface area contributed by atoms with Gasteiger partial charge in [0.25, 0.3) is 5.69 Å². The maximum Gasteiger partial charge on any atom is 0.270 e. The molecule has 0 saturated heterocycles. The summed E-state index contributed by atoms with van der Waals surface area (Å²) in [6.45, 7) is 0.0824. The molecule has 0 aliphatic carbocycles. The largest absolute Gasteiger partial charge is 0.300 e. The lowest BCUT2D eigenvalue weighted by atomic mass is 10.3. The van der Waals surface area contributed by atoms with Crippen LogP contribution in [0.5, 0.6) is 0 Å². The third-order valence-corrected chi connectivity index (χ3v) is 4.23. The number of anilines is 1. The molecule has 0 atom stereocenters. The van der Waals surface area contributed by atoms with Crippen molar-refractivity contribution in [2.45, 2.75) is 6.54 Å². The zero-order valence-electron chi connectivity index (χ0n) is 10.9. The molecule has 8 nitrogen and oxygen atoms in total. The van der Waals surface area contributed by atoms with Crippen molar-refractivity contribution in [3.8, 4) is 0 Å². The Bertz CT molecular complexity index is 875. The van der Waals surface area contributed by atoms with Crippen molar-refractivity contribution in [1.82, 2.24) is 14.8 Å². The molecular formula is C12H8IN5O3S. The van der Waals surface area contributed by atoms with Gasteiger partial charge in [0.2, 0.25) is 5.91 Å². The summed E-state index contributed by atoms with van der Waals surface area (Å²) in [4.78, 5) is 26.4. The molecule has 1 N–H and O–H groups in total. The van der Waals surface area contributed by atoms with Crippen LogP contribution in [0.25, 0.3) is 10.2 Å². The second-order valence-corrected chi connectivity index (χ2v) is 6.61. The zero-order valence-corrected chi connectivity index (χ0v) is 13.9. The number of nitrogens with one attached hydrogen (secondary N) is 1. The van der Waals surface area contributed by atoms with E-state index >= 15 is 0 Å². The minimum atomic E-state index is -0.462. The van der Waals surface area contributed by atoms with Gasteiger partial charge in [0, 0.05) is 18.3 Å². The van der Waals surface area contributed by atoms with Gasteiger partial charge in [-0.05, 0) is 28.7 Å². The van der Waals surface area contributed by atoms with Crippen LogP contribution < -0.4 is 5.32 Å². The van der Waals surface area contributed by atoms with Crippen LogP contribution in [0.1, 0.15) is 0 Å². The molecule has 2 heterocycles. The van der Waals surface area contributed by atoms with Crippen LogP contribution in [0.2, 0.25) is 0 Å². The fraction of sp³-hybridized carbons (Fsp3) is 0.0833. The average Bonchev–Trinajstić information content (AvgIpc) is 3.03. The number of aromatic nitrogens is 3. The number of nitro groups is 1. The topological polar surface area (TPSA) is 103 Å². The van der Waals surface area contributed by atoms with Crippen LogP contribution in [0.4, 0.5) is 10.8 Å². The molecule has 0 unspecified atom stereocenters. The van der Waals surface area contributed by atoms with Crippen molar-refractivity contribution < 1.29 is 9.72 Å². The Hall–Kier alpha value is -2.08. The molecule has 0 aliphatic heterocycles. The second-order valence-electron chi connectivity index (χ2n) is 4.33. The van der Waals surface area contributed by atoms with Gasteiger partial charge in [-0.1, -0.05) is 11.3 Å². The van der Waals surface area contributed by atoms with Crippen LogP contribution >= 0.6 is 33.9 Å². The molecule has 0 radical (unpaired) electrons. The predicted molar refractivity (Wildman–Crippen MR) is 89.8 cm³/mol. The molecule has 0 saturated carbocycles. The Kier molecular flexibility index (Phi) is 4.02. The summed E-state index contributed by atoms with van der Waals surface area (Å²) in [7, 11) is 0. The van der Waals surface area contributed by atoms with Crippen molar-refractivity contribution in [2.75, 3.05) is 5.32 Å². The monoisotopic (exact) mass is 429 g/mol. The summed E-state index contributed by atoms with van der Waals surface area (Å²) < 4.78 is 3.12. The van der Waals surface area contributed by atoms with E-state index in [-0.39, 0.29) is 18.1 Å². The van der Waals surface area contributed by atoms with Crippen molar-refractivity contribution in [3.05, 3.63) is 44.3 Å². The summed E-state index contributed by atoms with van der Waals surface area (Å²) in [5.74, 6) is -0.256. The molecule has 0 aliphatic rings. The minimum Gasteiger partial charge on any atom is -0.300 e. The summed E-state index contributed by atoms with van der Waals surface area (Å²) in [6, 6.07) is 4.40. The van der Waals surface area contributed by atoms with Gasteiger partial charge in [-0.15, -0.1) is 0 Å². The van der Waals surface area contributed by atoms with Crippen LogP contribution in [0.3, 0.4) is 0 Å². The molecule has 22 heavy (non-hydrogen) atoms. The lowest BCUT2D eigenvalue weighted by molar-refractivity contribution is -0.384. The number of carbonyl (C=O) groups excluding carboxylic acids is 1. The summed E-state index contributed by atoms with van der Waals surface area (Å²) in [5.41, 5.74) is 0.611. The van der Waals surface area contributed by atoms with E-state index < -0.39 is 4.92 Å². The van der Waals surface area contributed by atoms with Crippen molar-refractivity contribution >= 4 is 60.9 Å². The highest BCUT2D eigenvalue weighted by Gasteiger charge is 2.12. The Balaban J connectivity index is 1.76. The van der Waals surface area contributed by atoms with E-state index in [2.05, 4.69) is 38.0 Å². The third kappa shape index (κ3) is 3.22. The molecule has 0 bridgehead atoms. The van der Waals surface area contributed by atoms with E-state index in [1.54, 1.807) is 18.5 Å². The number of benzene rings is 1. The van der Waals surface area contributed by atoms with E-state index in [0.717, 1.165) is 3.57 Å². The fourth-order valence-corrected chi connectivity index (χ4v) is 3.17. The van der Waals surface area contributed by atoms with E-state index in [4.69, 9.17) is 0 Å². The summed E-state index contributed by atoms with van der Waals surface area (Å²) in [6.07, 6.45) is 3.41. The number of hydrogen-bond donors (Lipinski definition) is 1. The molecule has 10 heteroatoms. The maximum atomic E-state index is 11.9. The molecule has 3 rings (SSSR count). The minimum absolute atomic E-state index is 0.000132. The van der Waals surface area contributed by atoms with Gasteiger partial charge >= 0.3 is 0 Å². The van der Waals surface area contributed by atoms with E-state index in [0.29, 0.717) is 15.3 Å². The highest BCUT2D eigenvalue weighted by molar-refractivity contribution is 14.1. The normalized spacial score (nSPS) is 10.8. The molecule has 3 aromatic rings. The van der Waals surface area contributed by atoms with Crippen LogP contribution in [-0.4, -0.2) is 25.6 Å². The molecule has 1 aromatic carbocycles. The number of fused-ring (bicyclic) bond motifs is 1. The molecule has 112 valence electrons. The Morgan fingerprint density at radius 2 is 2.32 bits per heavy atom. The first kappa shape index (κ1) is 14.8. The summed E-state index contributed by atoms with van der Waals surface area (Å²) in [5, 5.41) is 17.8. The average molecular weight is 429 g/mol. The highest BCUT2D eigenvalue weighted by atomic mass is 127. The number of non-ortho nitro benzene ring substituents is 1. The summed E-state index contributed by atoms with van der Waals surface area (Å²) >= 11 is 3.30. The number of thiazole rings is 1. The van der Waals surface area contributed by atoms with E-state index in [1.165, 1.54) is 28.2 Å². The van der Waals surface area contributed by atoms with Gasteiger partial charge in [-0.25, -0.2) is 4.98 Å². The predicted octanol–water partition coefficient (Wildman–Crippen LogP) is 2.64.